The third-order valence-electron chi connectivity index (χ3n) is 9.31. The maximum atomic E-state index is 10.9. The van der Waals surface area contributed by atoms with Crippen molar-refractivity contribution in [2.45, 2.75) is 70.7 Å². The first kappa shape index (κ1) is 24.3. The molecule has 1 saturated heterocycles. The van der Waals surface area contributed by atoms with Gasteiger partial charge in [0.2, 0.25) is 6.79 Å². The quantitative estimate of drug-likeness (QED) is 0.635. The summed E-state index contributed by atoms with van der Waals surface area (Å²) in [5.41, 5.74) is 9.53. The number of aliphatic hydroxyl groups is 1. The van der Waals surface area contributed by atoms with Crippen molar-refractivity contribution in [1.82, 2.24) is 9.80 Å². The first-order valence-corrected chi connectivity index (χ1v) is 13.1. The molecule has 0 amide bonds. The Morgan fingerprint density at radius 1 is 1.11 bits per heavy atom. The van der Waals surface area contributed by atoms with Crippen molar-refractivity contribution in [1.29, 1.82) is 5.26 Å². The van der Waals surface area contributed by atoms with Crippen molar-refractivity contribution in [3.8, 4) is 23.3 Å². The zero-order chi connectivity index (χ0) is 26.2. The van der Waals surface area contributed by atoms with Crippen LogP contribution in [0.25, 0.3) is 0 Å². The number of piperazine rings is 1. The van der Waals surface area contributed by atoms with E-state index in [1.54, 1.807) is 6.08 Å². The summed E-state index contributed by atoms with van der Waals surface area (Å²) in [6.07, 6.45) is 3.24. The molecule has 0 spiro atoms. The lowest BCUT2D eigenvalue weighted by Gasteiger charge is -2.60. The van der Waals surface area contributed by atoms with E-state index in [4.69, 9.17) is 14.2 Å². The summed E-state index contributed by atoms with van der Waals surface area (Å²) in [5, 5.41) is 21.4. The summed E-state index contributed by atoms with van der Waals surface area (Å²) in [7, 11) is 2.16. The number of hydrogen-bond acceptors (Lipinski definition) is 7. The largest absolute Gasteiger partial charge is 0.489 e. The molecule has 2 aromatic carbocycles. The van der Waals surface area contributed by atoms with Gasteiger partial charge in [-0.15, -0.1) is 0 Å². The maximum Gasteiger partial charge on any atom is 0.231 e. The molecule has 7 nitrogen and oxygen atoms in total. The van der Waals surface area contributed by atoms with Gasteiger partial charge in [0.15, 0.2) is 11.5 Å². The molecule has 0 aliphatic carbocycles. The molecule has 7 heteroatoms. The Balaban J connectivity index is 1.61. The lowest BCUT2D eigenvalue weighted by molar-refractivity contribution is -0.0821. The van der Waals surface area contributed by atoms with Gasteiger partial charge in [-0.05, 0) is 75.4 Å². The molecule has 4 aliphatic heterocycles. The molecule has 2 aromatic rings. The summed E-state index contributed by atoms with van der Waals surface area (Å²) in [5.74, 6) is 2.13. The fourth-order valence-electron chi connectivity index (χ4n) is 7.49. The lowest BCUT2D eigenvalue weighted by Crippen LogP contribution is -2.68. The first-order valence-electron chi connectivity index (χ1n) is 13.1. The normalized spacial score (nSPS) is 27.6. The highest BCUT2D eigenvalue weighted by molar-refractivity contribution is 5.66. The van der Waals surface area contributed by atoms with Gasteiger partial charge in [0, 0.05) is 28.8 Å². The van der Waals surface area contributed by atoms with E-state index in [0.29, 0.717) is 24.5 Å². The van der Waals surface area contributed by atoms with Crippen molar-refractivity contribution < 1.29 is 19.3 Å². The second kappa shape index (κ2) is 8.76. The van der Waals surface area contributed by atoms with Crippen LogP contribution in [0.15, 0.2) is 18.7 Å². The predicted molar refractivity (Wildman–Crippen MR) is 140 cm³/mol. The molecule has 0 saturated carbocycles. The third-order valence-corrected chi connectivity index (χ3v) is 9.31. The van der Waals surface area contributed by atoms with E-state index in [-0.39, 0.29) is 37.6 Å². The Bertz CT molecular complexity index is 1350. The van der Waals surface area contributed by atoms with E-state index in [1.807, 2.05) is 6.92 Å². The minimum atomic E-state index is -0.396. The van der Waals surface area contributed by atoms with Gasteiger partial charge in [0.05, 0.1) is 24.8 Å². The van der Waals surface area contributed by atoms with Crippen molar-refractivity contribution >= 4 is 0 Å². The molecule has 2 unspecified atom stereocenters. The second-order valence-electron chi connectivity index (χ2n) is 10.9. The van der Waals surface area contributed by atoms with Crippen LogP contribution in [-0.2, 0) is 12.8 Å². The van der Waals surface area contributed by atoms with Gasteiger partial charge in [0.25, 0.3) is 0 Å². The minimum absolute atomic E-state index is 0.0127. The highest BCUT2D eigenvalue weighted by atomic mass is 16.7. The summed E-state index contributed by atoms with van der Waals surface area (Å²) in [6.45, 7) is 12.8. The first-order chi connectivity index (χ1) is 17.8. The number of likely N-dealkylation sites (N-methyl/N-ethyl adjacent to an activating group) is 1. The Morgan fingerprint density at radius 2 is 1.86 bits per heavy atom. The van der Waals surface area contributed by atoms with E-state index in [9.17, 15) is 10.4 Å². The number of rotatable bonds is 4. The van der Waals surface area contributed by atoms with Crippen LogP contribution < -0.4 is 14.2 Å². The van der Waals surface area contributed by atoms with Gasteiger partial charge in [-0.2, -0.15) is 5.26 Å². The van der Waals surface area contributed by atoms with Crippen molar-refractivity contribution in [2.24, 2.45) is 0 Å². The number of aryl methyl sites for hydroxylation is 1. The van der Waals surface area contributed by atoms with E-state index >= 15 is 0 Å². The smallest absolute Gasteiger partial charge is 0.231 e. The van der Waals surface area contributed by atoms with Crippen molar-refractivity contribution in [3.05, 3.63) is 63.2 Å². The summed E-state index contributed by atoms with van der Waals surface area (Å²) >= 11 is 0. The van der Waals surface area contributed by atoms with Gasteiger partial charge >= 0.3 is 0 Å². The van der Waals surface area contributed by atoms with Crippen LogP contribution in [-0.4, -0.2) is 60.1 Å². The maximum absolute atomic E-state index is 10.9. The molecule has 0 radical (unpaired) electrons. The zero-order valence-electron chi connectivity index (χ0n) is 22.3. The summed E-state index contributed by atoms with van der Waals surface area (Å²) in [6, 6.07) is 4.31. The van der Waals surface area contributed by atoms with Crippen LogP contribution in [0.1, 0.15) is 56.6 Å². The number of hydrogen-bond donors (Lipinski definition) is 1. The van der Waals surface area contributed by atoms with E-state index < -0.39 is 6.04 Å². The fraction of sp³-hybridized carbons (Fsp3) is 0.500. The molecule has 37 heavy (non-hydrogen) atoms. The van der Waals surface area contributed by atoms with Crippen molar-refractivity contribution in [2.75, 3.05) is 27.1 Å². The lowest BCUT2D eigenvalue weighted by atomic mass is 9.70. The molecule has 1 N–H and O–H groups in total. The molecule has 6 rings (SSSR count). The summed E-state index contributed by atoms with van der Waals surface area (Å²) < 4.78 is 18.1. The average Bonchev–Trinajstić information content (AvgIpc) is 3.37. The Hall–Kier alpha value is -3.05. The standard InChI is InChI=1S/C30H35N3O4/c1-7-8-35-28-18(5)29-30(37-14-36-29)26-20(28)11-22-27-25-17(4)16(3)15(2)9-19(25)10-21(32(27)6)23(12-31)33(22)24(26)13-34/h7,9,21-24,27,34H,1,8,10-11,13-14H2,2-6H3/t21-,22?,23-,24-,27?/m0/s1. The predicted octanol–water partition coefficient (Wildman–Crippen LogP) is 3.98. The number of nitriles is 1. The molecule has 194 valence electrons. The van der Waals surface area contributed by atoms with Crippen LogP contribution in [0.4, 0.5) is 0 Å². The molecular weight excluding hydrogens is 466 g/mol. The van der Waals surface area contributed by atoms with Crippen LogP contribution in [0.3, 0.4) is 0 Å². The van der Waals surface area contributed by atoms with E-state index in [2.05, 4.69) is 56.3 Å². The van der Waals surface area contributed by atoms with E-state index in [0.717, 1.165) is 28.9 Å². The van der Waals surface area contributed by atoms with E-state index in [1.165, 1.54) is 27.8 Å². The van der Waals surface area contributed by atoms with Crippen LogP contribution >= 0.6 is 0 Å². The fourth-order valence-corrected chi connectivity index (χ4v) is 7.49. The number of aliphatic hydroxyl groups excluding tert-OH is 1. The second-order valence-corrected chi connectivity index (χ2v) is 10.9. The monoisotopic (exact) mass is 501 g/mol. The topological polar surface area (TPSA) is 78.2 Å². The van der Waals surface area contributed by atoms with Crippen LogP contribution in [0.2, 0.25) is 0 Å². The molecular formula is C30H35N3O4. The van der Waals surface area contributed by atoms with Gasteiger partial charge in [-0.1, -0.05) is 18.7 Å². The molecule has 4 aliphatic rings. The van der Waals surface area contributed by atoms with Gasteiger partial charge in [0.1, 0.15) is 18.4 Å². The Kier molecular flexibility index (Phi) is 5.76. The summed E-state index contributed by atoms with van der Waals surface area (Å²) in [4.78, 5) is 4.70. The number of ether oxygens (including phenoxy) is 3. The molecule has 1 fully saturated rings. The third kappa shape index (κ3) is 3.22. The number of nitrogens with zero attached hydrogens (tertiary/aromatic N) is 3. The minimum Gasteiger partial charge on any atom is -0.489 e. The molecule has 5 atom stereocenters. The number of benzene rings is 2. The molecule has 2 bridgehead atoms. The highest BCUT2D eigenvalue weighted by Gasteiger charge is 2.56. The average molecular weight is 502 g/mol. The van der Waals surface area contributed by atoms with Crippen LogP contribution in [0.5, 0.6) is 17.2 Å². The SMILES string of the molecule is C=CCOc1c(C)c2c(c3c1CC1C4c5c(cc(C)c(C)c5C)C[C@@H]([C@H](C#N)N1[C@H]3CO)N4C)OCO2. The molecule has 4 heterocycles. The number of fused-ring (bicyclic) bond motifs is 9. The van der Waals surface area contributed by atoms with Crippen molar-refractivity contribution in [3.63, 3.8) is 0 Å². The Morgan fingerprint density at radius 3 is 2.57 bits per heavy atom. The highest BCUT2D eigenvalue weighted by Crippen LogP contribution is 2.57. The van der Waals surface area contributed by atoms with Crippen LogP contribution in [0, 0.1) is 39.0 Å². The van der Waals surface area contributed by atoms with Gasteiger partial charge in [-0.3, -0.25) is 9.80 Å². The zero-order valence-corrected chi connectivity index (χ0v) is 22.3. The van der Waals surface area contributed by atoms with Gasteiger partial charge < -0.3 is 19.3 Å². The Labute approximate surface area is 218 Å². The molecule has 0 aromatic heterocycles. The van der Waals surface area contributed by atoms with Gasteiger partial charge in [-0.25, -0.2) is 0 Å².